The highest BCUT2D eigenvalue weighted by atomic mass is 16.5. The van der Waals surface area contributed by atoms with Crippen molar-refractivity contribution in [1.29, 1.82) is 0 Å². The van der Waals surface area contributed by atoms with Crippen molar-refractivity contribution in [2.24, 2.45) is 0 Å². The minimum absolute atomic E-state index is 0.0257. The van der Waals surface area contributed by atoms with E-state index in [9.17, 15) is 14.7 Å². The maximum atomic E-state index is 12.4. The van der Waals surface area contributed by atoms with E-state index in [1.807, 2.05) is 55.5 Å². The summed E-state index contributed by atoms with van der Waals surface area (Å²) in [6, 6.07) is 21.9. The van der Waals surface area contributed by atoms with Crippen molar-refractivity contribution in [1.82, 2.24) is 19.6 Å². The van der Waals surface area contributed by atoms with Crippen LogP contribution >= 0.6 is 0 Å². The van der Waals surface area contributed by atoms with E-state index in [1.54, 1.807) is 12.2 Å². The molecule has 4 bridgehead atoms. The average molecular weight is 807 g/mol. The number of hydrogen-bond donors (Lipinski definition) is 2. The van der Waals surface area contributed by atoms with Gasteiger partial charge in [0.25, 0.3) is 0 Å². The van der Waals surface area contributed by atoms with E-state index in [1.165, 1.54) is 95.7 Å². The molecule has 2 aromatic rings. The second kappa shape index (κ2) is 19.6. The number of aryl methyl sites for hydroxylation is 2. The number of aliphatic carboxylic acids is 1. The summed E-state index contributed by atoms with van der Waals surface area (Å²) in [6.45, 7) is 8.90. The topological polar surface area (TPSA) is 96.8 Å². The monoisotopic (exact) mass is 807 g/mol. The third-order valence-corrected chi connectivity index (χ3v) is 15.4. The molecule has 9 heteroatoms. The SMILES string of the molecule is Cc1ccccc1/C=C/C(=O)O.Cc1ccccc1/C=C\C(=O)OC1CCN2[C@@H]3C[C@@H](C[C@@H]2C1)N1CCCC[C@@H]1C3.OC1CCN2[C@@H]3C[C@@H](C[C@@H]2C1)N1CCCC[C@@H]1C3. The number of aliphatic hydroxyl groups excluding tert-OH is 1. The number of nitrogens with zero attached hydrogens (tertiary/aromatic N) is 4. The molecule has 8 saturated heterocycles. The molecule has 8 aliphatic rings. The third kappa shape index (κ3) is 10.4. The lowest BCUT2D eigenvalue weighted by Crippen LogP contribution is -2.65. The molecule has 2 unspecified atom stereocenters. The number of piperidine rings is 8. The second-order valence-corrected chi connectivity index (χ2v) is 19.1. The lowest BCUT2D eigenvalue weighted by molar-refractivity contribution is -0.150. The Labute approximate surface area is 353 Å². The van der Waals surface area contributed by atoms with Gasteiger partial charge in [-0.15, -0.1) is 0 Å². The molecule has 0 spiro atoms. The van der Waals surface area contributed by atoms with Crippen molar-refractivity contribution in [3.05, 3.63) is 82.9 Å². The van der Waals surface area contributed by atoms with Gasteiger partial charge in [-0.3, -0.25) is 19.6 Å². The van der Waals surface area contributed by atoms with Gasteiger partial charge in [0, 0.05) is 80.0 Å². The van der Waals surface area contributed by atoms with Crippen LogP contribution in [0.5, 0.6) is 0 Å². The molecule has 10 rings (SSSR count). The number of carbonyl (C=O) groups is 2. The molecule has 8 fully saturated rings. The number of carbonyl (C=O) groups excluding carboxylic acids is 1. The first-order valence-electron chi connectivity index (χ1n) is 23.3. The van der Waals surface area contributed by atoms with Crippen molar-refractivity contribution in [3.63, 3.8) is 0 Å². The number of benzene rings is 2. The Hall–Kier alpha value is -3.34. The summed E-state index contributed by atoms with van der Waals surface area (Å²) < 4.78 is 5.86. The Kier molecular flexibility index (Phi) is 14.1. The molecule has 8 aliphatic heterocycles. The standard InChI is InChI=1S/C25H34N2O2.C15H26N2O.C10H10O2/c1-18-6-2-3-7-19(18)9-10-25(28)29-24-11-13-27-21-14-20-8-4-5-12-26(20)22(15-21)16-23(27)17-24;18-15-4-6-17-12-7-11-3-1-2-5-16(11)13(8-12)9-14(17)10-15;1-8-4-2-3-5-9(8)6-7-10(11)12/h2-3,6-7,9-10,20-24H,4-5,8,11-17H2,1H3;11-15,18H,1-10H2;2-7H,1H3,(H,11,12)/b10-9-;;7-6+/t20-,21+,22+,23-,24?;11-,12+,13+,14-,15?;/m11./s1. The van der Waals surface area contributed by atoms with Crippen molar-refractivity contribution in [2.45, 2.75) is 177 Å². The van der Waals surface area contributed by atoms with E-state index in [4.69, 9.17) is 9.84 Å². The normalized spacial score (nSPS) is 34.5. The largest absolute Gasteiger partial charge is 0.478 e. The molecular weight excluding hydrogens is 737 g/mol. The minimum Gasteiger partial charge on any atom is -0.478 e. The Balaban J connectivity index is 0.000000137. The van der Waals surface area contributed by atoms with Crippen LogP contribution in [0, 0.1) is 13.8 Å². The predicted octanol–water partition coefficient (Wildman–Crippen LogP) is 7.87. The van der Waals surface area contributed by atoms with Crippen molar-refractivity contribution in [3.8, 4) is 0 Å². The zero-order valence-electron chi connectivity index (χ0n) is 35.8. The molecule has 8 heterocycles. The summed E-state index contributed by atoms with van der Waals surface area (Å²) in [5, 5.41) is 18.3. The fraction of sp³-hybridized carbons (Fsp3) is 0.640. The van der Waals surface area contributed by atoms with E-state index < -0.39 is 5.97 Å². The number of ether oxygens (including phenoxy) is 1. The molecule has 59 heavy (non-hydrogen) atoms. The van der Waals surface area contributed by atoms with Crippen LogP contribution in [0.3, 0.4) is 0 Å². The van der Waals surface area contributed by atoms with Crippen LogP contribution in [0.25, 0.3) is 12.2 Å². The molecule has 2 N–H and O–H groups in total. The van der Waals surface area contributed by atoms with Crippen LogP contribution in [0.2, 0.25) is 0 Å². The third-order valence-electron chi connectivity index (χ3n) is 15.4. The number of carboxylic acids is 1. The van der Waals surface area contributed by atoms with Gasteiger partial charge in [0.1, 0.15) is 6.10 Å². The molecule has 320 valence electrons. The highest BCUT2D eigenvalue weighted by Gasteiger charge is 2.48. The second-order valence-electron chi connectivity index (χ2n) is 19.1. The summed E-state index contributed by atoms with van der Waals surface area (Å²) in [6.07, 6.45) is 26.9. The number of hydrogen-bond acceptors (Lipinski definition) is 8. The van der Waals surface area contributed by atoms with Gasteiger partial charge >= 0.3 is 11.9 Å². The quantitative estimate of drug-likeness (QED) is 0.231. The summed E-state index contributed by atoms with van der Waals surface area (Å²) in [5.41, 5.74) is 4.28. The van der Waals surface area contributed by atoms with E-state index >= 15 is 0 Å². The lowest BCUT2D eigenvalue weighted by Gasteiger charge is -2.58. The van der Waals surface area contributed by atoms with E-state index in [-0.39, 0.29) is 18.2 Å². The van der Waals surface area contributed by atoms with Gasteiger partial charge in [-0.1, -0.05) is 61.4 Å². The molecule has 0 saturated carbocycles. The van der Waals surface area contributed by atoms with Crippen LogP contribution in [0.4, 0.5) is 0 Å². The van der Waals surface area contributed by atoms with Crippen LogP contribution in [0.15, 0.2) is 60.7 Å². The molecule has 0 amide bonds. The van der Waals surface area contributed by atoms with Gasteiger partial charge in [-0.2, -0.15) is 0 Å². The Morgan fingerprint density at radius 2 is 0.983 bits per heavy atom. The van der Waals surface area contributed by atoms with Gasteiger partial charge in [0.2, 0.25) is 0 Å². The van der Waals surface area contributed by atoms with Crippen molar-refractivity contribution in [2.75, 3.05) is 26.2 Å². The molecular formula is C50H70N4O5. The number of carboxylic acid groups (broad SMARTS) is 1. The molecule has 9 nitrogen and oxygen atoms in total. The smallest absolute Gasteiger partial charge is 0.331 e. The average Bonchev–Trinajstić information content (AvgIpc) is 3.23. The molecule has 0 aromatic heterocycles. The number of fused-ring (bicyclic) bond motifs is 12. The zero-order chi connectivity index (χ0) is 40.9. The molecule has 0 radical (unpaired) electrons. The van der Waals surface area contributed by atoms with Crippen LogP contribution in [-0.2, 0) is 14.3 Å². The fourth-order valence-corrected chi connectivity index (χ4v) is 12.5. The first-order valence-corrected chi connectivity index (χ1v) is 23.3. The lowest BCUT2D eigenvalue weighted by atomic mass is 9.76. The summed E-state index contributed by atoms with van der Waals surface area (Å²) in [5.74, 6) is -1.11. The number of aliphatic hydroxyl groups is 1. The van der Waals surface area contributed by atoms with E-state index in [0.717, 1.165) is 97.8 Å². The Bertz CT molecular complexity index is 1800. The first kappa shape index (κ1) is 42.4. The van der Waals surface area contributed by atoms with Crippen molar-refractivity contribution >= 4 is 24.1 Å². The van der Waals surface area contributed by atoms with Gasteiger partial charge < -0.3 is 14.9 Å². The summed E-state index contributed by atoms with van der Waals surface area (Å²) >= 11 is 0. The maximum absolute atomic E-state index is 12.4. The van der Waals surface area contributed by atoms with Gasteiger partial charge in [0.15, 0.2) is 0 Å². The van der Waals surface area contributed by atoms with Crippen molar-refractivity contribution < 1.29 is 24.5 Å². The van der Waals surface area contributed by atoms with Crippen LogP contribution in [0.1, 0.15) is 125 Å². The number of esters is 1. The first-order chi connectivity index (χ1) is 28.7. The van der Waals surface area contributed by atoms with Gasteiger partial charge in [-0.25, -0.2) is 9.59 Å². The summed E-state index contributed by atoms with van der Waals surface area (Å²) in [7, 11) is 0. The van der Waals surface area contributed by atoms with Gasteiger partial charge in [-0.05, 0) is 145 Å². The molecule has 10 atom stereocenters. The predicted molar refractivity (Wildman–Crippen MR) is 235 cm³/mol. The molecule has 2 aromatic carbocycles. The maximum Gasteiger partial charge on any atom is 0.331 e. The fourth-order valence-electron chi connectivity index (χ4n) is 12.5. The van der Waals surface area contributed by atoms with Crippen LogP contribution < -0.4 is 0 Å². The minimum atomic E-state index is -0.918. The zero-order valence-corrected chi connectivity index (χ0v) is 35.8. The highest BCUT2D eigenvalue weighted by molar-refractivity contribution is 5.87. The molecule has 0 aliphatic carbocycles. The summed E-state index contributed by atoms with van der Waals surface area (Å²) in [4.78, 5) is 33.8. The highest BCUT2D eigenvalue weighted by Crippen LogP contribution is 2.43. The Morgan fingerprint density at radius 1 is 0.542 bits per heavy atom. The van der Waals surface area contributed by atoms with Gasteiger partial charge in [0.05, 0.1) is 6.10 Å². The number of rotatable bonds is 5. The van der Waals surface area contributed by atoms with E-state index in [0.29, 0.717) is 12.1 Å². The Morgan fingerprint density at radius 3 is 1.51 bits per heavy atom. The van der Waals surface area contributed by atoms with Crippen LogP contribution in [-0.4, -0.2) is 128 Å². The van der Waals surface area contributed by atoms with E-state index in [2.05, 4.69) is 32.6 Å².